The summed E-state index contributed by atoms with van der Waals surface area (Å²) in [6.07, 6.45) is 3.93. The fraction of sp³-hybridized carbons (Fsp3) is 0.588. The number of benzene rings is 1. The van der Waals surface area contributed by atoms with Crippen molar-refractivity contribution < 1.29 is 4.79 Å². The maximum absolute atomic E-state index is 12.5. The summed E-state index contributed by atoms with van der Waals surface area (Å²) in [5.41, 5.74) is 0.918. The van der Waals surface area contributed by atoms with Crippen LogP contribution in [0.2, 0.25) is 10.0 Å². The summed E-state index contributed by atoms with van der Waals surface area (Å²) in [4.78, 5) is 16.9. The lowest BCUT2D eigenvalue weighted by Gasteiger charge is -2.25. The molecular weight excluding hydrogens is 319 g/mol. The van der Waals surface area contributed by atoms with Gasteiger partial charge in [0.1, 0.15) is 0 Å². The molecule has 0 atom stereocenters. The number of likely N-dealkylation sites (tertiary alicyclic amines) is 1. The Morgan fingerprint density at radius 2 is 1.91 bits per heavy atom. The van der Waals surface area contributed by atoms with Gasteiger partial charge in [0.05, 0.1) is 16.5 Å². The first-order valence-electron chi connectivity index (χ1n) is 8.04. The molecule has 0 N–H and O–H groups in total. The molecule has 22 heavy (non-hydrogen) atoms. The van der Waals surface area contributed by atoms with Crippen molar-refractivity contribution in [1.82, 2.24) is 9.80 Å². The molecule has 1 aromatic rings. The van der Waals surface area contributed by atoms with Gasteiger partial charge in [0, 0.05) is 19.6 Å². The van der Waals surface area contributed by atoms with Gasteiger partial charge in [-0.15, -0.1) is 0 Å². The first-order chi connectivity index (χ1) is 10.6. The van der Waals surface area contributed by atoms with Crippen molar-refractivity contribution in [3.05, 3.63) is 33.8 Å². The van der Waals surface area contributed by atoms with Crippen LogP contribution in [0.4, 0.5) is 0 Å². The standard InChI is InChI=1S/C17H24Cl2N2O/c1-2-7-21(11-10-20-8-3-4-9-20)17(22)13-14-5-6-15(18)16(19)12-14/h5-6,12H,2-4,7-11,13H2,1H3. The van der Waals surface area contributed by atoms with Gasteiger partial charge in [0.25, 0.3) is 0 Å². The Morgan fingerprint density at radius 1 is 1.18 bits per heavy atom. The summed E-state index contributed by atoms with van der Waals surface area (Å²) in [5.74, 6) is 0.166. The van der Waals surface area contributed by atoms with Gasteiger partial charge in [-0.1, -0.05) is 36.2 Å². The van der Waals surface area contributed by atoms with E-state index in [1.165, 1.54) is 25.9 Å². The van der Waals surface area contributed by atoms with Crippen LogP contribution < -0.4 is 0 Å². The van der Waals surface area contributed by atoms with E-state index in [4.69, 9.17) is 23.2 Å². The van der Waals surface area contributed by atoms with Crippen LogP contribution in [0, 0.1) is 0 Å². The lowest BCUT2D eigenvalue weighted by molar-refractivity contribution is -0.130. The summed E-state index contributed by atoms with van der Waals surface area (Å²) >= 11 is 11.9. The fourth-order valence-corrected chi connectivity index (χ4v) is 3.16. The highest BCUT2D eigenvalue weighted by Crippen LogP contribution is 2.23. The predicted molar refractivity (Wildman–Crippen MR) is 92.7 cm³/mol. The van der Waals surface area contributed by atoms with E-state index >= 15 is 0 Å². The van der Waals surface area contributed by atoms with Crippen LogP contribution >= 0.6 is 23.2 Å². The van der Waals surface area contributed by atoms with Crippen molar-refractivity contribution in [3.8, 4) is 0 Å². The molecule has 1 heterocycles. The van der Waals surface area contributed by atoms with Crippen LogP contribution in [0.15, 0.2) is 18.2 Å². The Hall–Kier alpha value is -0.770. The zero-order valence-electron chi connectivity index (χ0n) is 13.2. The molecule has 1 aliphatic rings. The maximum atomic E-state index is 12.5. The van der Waals surface area contributed by atoms with Crippen LogP contribution in [0.5, 0.6) is 0 Å². The summed E-state index contributed by atoms with van der Waals surface area (Å²) in [6, 6.07) is 5.41. The maximum Gasteiger partial charge on any atom is 0.227 e. The third-order valence-corrected chi connectivity index (χ3v) is 4.81. The summed E-state index contributed by atoms with van der Waals surface area (Å²) in [7, 11) is 0. The molecule has 1 amide bonds. The molecule has 1 aliphatic heterocycles. The van der Waals surface area contributed by atoms with E-state index < -0.39 is 0 Å². The fourth-order valence-electron chi connectivity index (χ4n) is 2.84. The summed E-state index contributed by atoms with van der Waals surface area (Å²) in [6.45, 7) is 7.05. The van der Waals surface area contributed by atoms with Crippen LogP contribution in [-0.4, -0.2) is 48.4 Å². The minimum atomic E-state index is 0.166. The second kappa shape index (κ2) is 8.76. The Bertz CT molecular complexity index is 501. The number of carbonyl (C=O) groups is 1. The molecule has 0 unspecified atom stereocenters. The molecule has 0 spiro atoms. The average molecular weight is 343 g/mol. The number of rotatable bonds is 7. The second-order valence-corrected chi connectivity index (χ2v) is 6.67. The van der Waals surface area contributed by atoms with Gasteiger partial charge in [0.15, 0.2) is 0 Å². The van der Waals surface area contributed by atoms with Gasteiger partial charge < -0.3 is 9.80 Å². The molecule has 1 aromatic carbocycles. The monoisotopic (exact) mass is 342 g/mol. The summed E-state index contributed by atoms with van der Waals surface area (Å²) < 4.78 is 0. The normalized spacial score (nSPS) is 15.2. The second-order valence-electron chi connectivity index (χ2n) is 5.85. The Morgan fingerprint density at radius 3 is 2.55 bits per heavy atom. The van der Waals surface area contributed by atoms with E-state index in [0.29, 0.717) is 16.5 Å². The van der Waals surface area contributed by atoms with Crippen LogP contribution in [0.1, 0.15) is 31.7 Å². The molecule has 0 radical (unpaired) electrons. The smallest absolute Gasteiger partial charge is 0.227 e. The predicted octanol–water partition coefficient (Wildman–Crippen LogP) is 3.87. The molecule has 1 fully saturated rings. The third kappa shape index (κ3) is 5.15. The Labute approximate surface area is 143 Å². The number of hydrogen-bond acceptors (Lipinski definition) is 2. The van der Waals surface area contributed by atoms with E-state index in [2.05, 4.69) is 11.8 Å². The van der Waals surface area contributed by atoms with Crippen LogP contribution in [0.25, 0.3) is 0 Å². The van der Waals surface area contributed by atoms with Crippen molar-refractivity contribution >= 4 is 29.1 Å². The Balaban J connectivity index is 1.91. The number of halogens is 2. The molecule has 0 aromatic heterocycles. The third-order valence-electron chi connectivity index (χ3n) is 4.07. The largest absolute Gasteiger partial charge is 0.341 e. The van der Waals surface area contributed by atoms with Crippen molar-refractivity contribution in [2.45, 2.75) is 32.6 Å². The van der Waals surface area contributed by atoms with E-state index in [9.17, 15) is 4.79 Å². The number of nitrogens with zero attached hydrogens (tertiary/aromatic N) is 2. The van der Waals surface area contributed by atoms with Gasteiger partial charge in [-0.3, -0.25) is 4.79 Å². The van der Waals surface area contributed by atoms with Gasteiger partial charge in [-0.25, -0.2) is 0 Å². The van der Waals surface area contributed by atoms with Crippen molar-refractivity contribution in [2.24, 2.45) is 0 Å². The number of amides is 1. The molecule has 0 bridgehead atoms. The van der Waals surface area contributed by atoms with Crippen molar-refractivity contribution in [1.29, 1.82) is 0 Å². The lowest BCUT2D eigenvalue weighted by atomic mass is 10.1. The minimum Gasteiger partial charge on any atom is -0.341 e. The molecule has 3 nitrogen and oxygen atoms in total. The van der Waals surface area contributed by atoms with Gasteiger partial charge >= 0.3 is 0 Å². The molecule has 0 aliphatic carbocycles. The highest BCUT2D eigenvalue weighted by molar-refractivity contribution is 6.42. The average Bonchev–Trinajstić information content (AvgIpc) is 3.00. The molecule has 122 valence electrons. The van der Waals surface area contributed by atoms with Gasteiger partial charge in [-0.2, -0.15) is 0 Å². The molecule has 5 heteroatoms. The number of hydrogen-bond donors (Lipinski definition) is 0. The Kier molecular flexibility index (Phi) is 7.00. The summed E-state index contributed by atoms with van der Waals surface area (Å²) in [5, 5.41) is 1.03. The topological polar surface area (TPSA) is 23.6 Å². The van der Waals surface area contributed by atoms with Crippen LogP contribution in [0.3, 0.4) is 0 Å². The van der Waals surface area contributed by atoms with Gasteiger partial charge in [0.2, 0.25) is 5.91 Å². The first kappa shape index (κ1) is 17.6. The highest BCUT2D eigenvalue weighted by atomic mass is 35.5. The van der Waals surface area contributed by atoms with E-state index in [1.807, 2.05) is 11.0 Å². The minimum absolute atomic E-state index is 0.166. The molecular formula is C17H24Cl2N2O. The highest BCUT2D eigenvalue weighted by Gasteiger charge is 2.17. The van der Waals surface area contributed by atoms with E-state index in [1.54, 1.807) is 12.1 Å². The van der Waals surface area contributed by atoms with E-state index in [-0.39, 0.29) is 5.91 Å². The first-order valence-corrected chi connectivity index (χ1v) is 8.80. The van der Waals surface area contributed by atoms with Gasteiger partial charge in [-0.05, 0) is 50.0 Å². The SMILES string of the molecule is CCCN(CCN1CCCC1)C(=O)Cc1ccc(Cl)c(Cl)c1. The number of carbonyl (C=O) groups excluding carboxylic acids is 1. The molecule has 1 saturated heterocycles. The van der Waals surface area contributed by atoms with Crippen molar-refractivity contribution in [2.75, 3.05) is 32.7 Å². The zero-order chi connectivity index (χ0) is 15.9. The van der Waals surface area contributed by atoms with Crippen molar-refractivity contribution in [3.63, 3.8) is 0 Å². The quantitative estimate of drug-likeness (QED) is 0.750. The lowest BCUT2D eigenvalue weighted by Crippen LogP contribution is -2.39. The van der Waals surface area contributed by atoms with Crippen LogP contribution in [-0.2, 0) is 11.2 Å². The molecule has 2 rings (SSSR count). The molecule has 0 saturated carbocycles. The van der Waals surface area contributed by atoms with E-state index in [0.717, 1.165) is 31.6 Å². The zero-order valence-corrected chi connectivity index (χ0v) is 14.7.